The summed E-state index contributed by atoms with van der Waals surface area (Å²) in [6.45, 7) is 8.87. The van der Waals surface area contributed by atoms with Crippen LogP contribution in [0.2, 0.25) is 0 Å². The smallest absolute Gasteiger partial charge is 0.103 e. The number of rotatable bonds is 1. The molecule has 5 rings (SSSR count). The molecule has 1 spiro atoms. The summed E-state index contributed by atoms with van der Waals surface area (Å²) in [6, 6.07) is 18.2. The van der Waals surface area contributed by atoms with Crippen molar-refractivity contribution in [3.05, 3.63) is 76.4 Å². The summed E-state index contributed by atoms with van der Waals surface area (Å²) in [7, 11) is 0. The fourth-order valence-electron chi connectivity index (χ4n) is 5.23. The van der Waals surface area contributed by atoms with E-state index in [0.717, 1.165) is 13.2 Å². The number of hydrogen-bond donors (Lipinski definition) is 0. The van der Waals surface area contributed by atoms with Crippen molar-refractivity contribution in [2.45, 2.75) is 12.8 Å². The lowest BCUT2D eigenvalue weighted by molar-refractivity contribution is -0.923. The zero-order valence-corrected chi connectivity index (χ0v) is 14.9. The molecule has 2 saturated heterocycles. The number of fused-ring (bicyclic) bond motifs is 2. The Morgan fingerprint density at radius 1 is 1.00 bits per heavy atom. The molecule has 2 aromatic carbocycles. The maximum Gasteiger partial charge on any atom is 0.103 e. The van der Waals surface area contributed by atoms with Gasteiger partial charge in [-0.3, -0.25) is 0 Å². The second-order valence-electron chi connectivity index (χ2n) is 8.09. The average molecular weight is 332 g/mol. The first-order valence-corrected chi connectivity index (χ1v) is 9.53. The number of benzene rings is 2. The summed E-state index contributed by atoms with van der Waals surface area (Å²) < 4.78 is 6.89. The predicted molar refractivity (Wildman–Crippen MR) is 101 cm³/mol. The van der Waals surface area contributed by atoms with E-state index >= 15 is 0 Å². The van der Waals surface area contributed by atoms with Gasteiger partial charge >= 0.3 is 0 Å². The third-order valence-electron chi connectivity index (χ3n) is 6.48. The maximum absolute atomic E-state index is 5.66. The number of quaternary nitrogens is 1. The number of morpholine rings is 1. The lowest BCUT2D eigenvalue weighted by Gasteiger charge is -2.38. The minimum atomic E-state index is 0.497. The lowest BCUT2D eigenvalue weighted by Crippen LogP contribution is -2.53. The molecular formula is C23H26NO+. The van der Waals surface area contributed by atoms with E-state index in [0.29, 0.717) is 11.8 Å². The summed E-state index contributed by atoms with van der Waals surface area (Å²) >= 11 is 0. The monoisotopic (exact) mass is 332 g/mol. The Balaban J connectivity index is 1.62. The predicted octanol–water partition coefficient (Wildman–Crippen LogP) is 4.00. The second kappa shape index (κ2) is 5.82. The molecule has 2 heteroatoms. The quantitative estimate of drug-likeness (QED) is 0.717. The van der Waals surface area contributed by atoms with Crippen molar-refractivity contribution >= 4 is 6.08 Å². The van der Waals surface area contributed by atoms with Crippen molar-refractivity contribution in [1.29, 1.82) is 0 Å². The summed E-state index contributed by atoms with van der Waals surface area (Å²) in [5, 5.41) is 0. The summed E-state index contributed by atoms with van der Waals surface area (Å²) in [5.74, 6) is 1.13. The van der Waals surface area contributed by atoms with Gasteiger partial charge in [0, 0.05) is 11.8 Å². The number of ether oxygens (including phenoxy) is 1. The van der Waals surface area contributed by atoms with Crippen molar-refractivity contribution in [2.24, 2.45) is 5.92 Å². The van der Waals surface area contributed by atoms with Crippen LogP contribution in [-0.2, 0) is 4.74 Å². The Morgan fingerprint density at radius 2 is 1.80 bits per heavy atom. The lowest BCUT2D eigenvalue weighted by atomic mass is 9.72. The van der Waals surface area contributed by atoms with E-state index in [2.05, 4.69) is 61.5 Å². The second-order valence-corrected chi connectivity index (χ2v) is 8.09. The Bertz CT molecular complexity index is 817. The van der Waals surface area contributed by atoms with Gasteiger partial charge in [-0.05, 0) is 35.3 Å². The van der Waals surface area contributed by atoms with Gasteiger partial charge in [0.25, 0.3) is 0 Å². The van der Waals surface area contributed by atoms with Gasteiger partial charge in [-0.15, -0.1) is 0 Å². The molecular weight excluding hydrogens is 306 g/mol. The van der Waals surface area contributed by atoms with E-state index in [9.17, 15) is 0 Å². The summed E-state index contributed by atoms with van der Waals surface area (Å²) in [4.78, 5) is 0. The first-order chi connectivity index (χ1) is 12.2. The Hall–Kier alpha value is -1.90. The zero-order chi connectivity index (χ0) is 16.9. The topological polar surface area (TPSA) is 9.23 Å². The van der Waals surface area contributed by atoms with Crippen LogP contribution in [0.15, 0.2) is 54.1 Å². The van der Waals surface area contributed by atoms with Crippen LogP contribution in [0.3, 0.4) is 0 Å². The molecule has 0 aromatic heterocycles. The van der Waals surface area contributed by atoms with Gasteiger partial charge in [-0.25, -0.2) is 0 Å². The van der Waals surface area contributed by atoms with Crippen LogP contribution in [0, 0.1) is 12.8 Å². The highest BCUT2D eigenvalue weighted by Crippen LogP contribution is 2.48. The Kier molecular flexibility index (Phi) is 3.58. The molecule has 2 unspecified atom stereocenters. The van der Waals surface area contributed by atoms with Crippen molar-refractivity contribution < 1.29 is 9.22 Å². The fraction of sp³-hybridized carbons (Fsp3) is 0.391. The SMILES string of the molecule is Cc1ccc2c(c1)C(c1ccccc1)C1C[N+]3(CCOCC3)CC1=C2. The first kappa shape index (κ1) is 15.4. The van der Waals surface area contributed by atoms with Gasteiger partial charge in [-0.1, -0.05) is 54.1 Å². The van der Waals surface area contributed by atoms with Crippen LogP contribution in [0.25, 0.3) is 6.08 Å². The van der Waals surface area contributed by atoms with Crippen molar-refractivity contribution in [1.82, 2.24) is 0 Å². The third-order valence-corrected chi connectivity index (χ3v) is 6.48. The van der Waals surface area contributed by atoms with Crippen molar-refractivity contribution in [3.8, 4) is 0 Å². The van der Waals surface area contributed by atoms with Crippen LogP contribution in [0.1, 0.15) is 28.2 Å². The maximum atomic E-state index is 5.66. The van der Waals surface area contributed by atoms with Crippen LogP contribution in [0.4, 0.5) is 0 Å². The zero-order valence-electron chi connectivity index (χ0n) is 14.9. The molecule has 2 atom stereocenters. The molecule has 0 bridgehead atoms. The molecule has 128 valence electrons. The highest BCUT2D eigenvalue weighted by atomic mass is 16.5. The normalized spacial score (nSPS) is 26.8. The first-order valence-electron chi connectivity index (χ1n) is 9.53. The van der Waals surface area contributed by atoms with Crippen LogP contribution < -0.4 is 0 Å². The number of aryl methyl sites for hydroxylation is 1. The molecule has 0 radical (unpaired) electrons. The minimum absolute atomic E-state index is 0.497. The molecule has 2 aromatic rings. The van der Waals surface area contributed by atoms with Gasteiger partial charge in [0.2, 0.25) is 0 Å². The van der Waals surface area contributed by atoms with Crippen LogP contribution in [-0.4, -0.2) is 43.9 Å². The third kappa shape index (κ3) is 2.56. The van der Waals surface area contributed by atoms with E-state index in [1.54, 1.807) is 5.57 Å². The Morgan fingerprint density at radius 3 is 2.60 bits per heavy atom. The molecule has 0 N–H and O–H groups in total. The number of nitrogens with zero attached hydrogens (tertiary/aromatic N) is 1. The highest BCUT2D eigenvalue weighted by molar-refractivity contribution is 5.65. The summed E-state index contributed by atoms with van der Waals surface area (Å²) in [5.41, 5.74) is 7.45. The average Bonchev–Trinajstić information content (AvgIpc) is 2.98. The largest absolute Gasteiger partial charge is 0.370 e. The molecule has 25 heavy (non-hydrogen) atoms. The van der Waals surface area contributed by atoms with Gasteiger partial charge < -0.3 is 9.22 Å². The van der Waals surface area contributed by atoms with Gasteiger partial charge in [0.1, 0.15) is 19.6 Å². The van der Waals surface area contributed by atoms with Crippen LogP contribution >= 0.6 is 0 Å². The molecule has 1 aliphatic carbocycles. The van der Waals surface area contributed by atoms with Gasteiger partial charge in [-0.2, -0.15) is 0 Å². The van der Waals surface area contributed by atoms with Crippen molar-refractivity contribution in [2.75, 3.05) is 39.4 Å². The van der Waals surface area contributed by atoms with E-state index in [1.165, 1.54) is 52.9 Å². The highest BCUT2D eigenvalue weighted by Gasteiger charge is 2.48. The molecule has 0 saturated carbocycles. The molecule has 2 fully saturated rings. The summed E-state index contributed by atoms with van der Waals surface area (Å²) in [6.07, 6.45) is 2.50. The van der Waals surface area contributed by atoms with Crippen molar-refractivity contribution in [3.63, 3.8) is 0 Å². The fourth-order valence-corrected chi connectivity index (χ4v) is 5.23. The minimum Gasteiger partial charge on any atom is -0.370 e. The van der Waals surface area contributed by atoms with E-state index < -0.39 is 0 Å². The van der Waals surface area contributed by atoms with Gasteiger partial charge in [0.15, 0.2) is 0 Å². The van der Waals surface area contributed by atoms with E-state index in [-0.39, 0.29) is 0 Å². The van der Waals surface area contributed by atoms with E-state index in [1.807, 2.05) is 0 Å². The Labute approximate surface area is 150 Å². The standard InChI is InChI=1S/C23H26NO/c1-17-7-8-19-14-20-15-24(9-11-25-12-10-24)16-22(20)23(21(19)13-17)18-5-3-2-4-6-18/h2-8,13-14,22-23H,9-12,15-16H2,1H3/q+1. The molecule has 0 amide bonds. The molecule has 2 heterocycles. The number of hydrogen-bond acceptors (Lipinski definition) is 1. The van der Waals surface area contributed by atoms with Crippen LogP contribution in [0.5, 0.6) is 0 Å². The van der Waals surface area contributed by atoms with E-state index in [4.69, 9.17) is 4.74 Å². The molecule has 3 aliphatic rings. The molecule has 2 nitrogen and oxygen atoms in total. The van der Waals surface area contributed by atoms with Gasteiger partial charge in [0.05, 0.1) is 19.8 Å². The molecule has 2 aliphatic heterocycles.